The normalized spacial score (nSPS) is 19.9. The Morgan fingerprint density at radius 2 is 2.05 bits per heavy atom. The van der Waals surface area contributed by atoms with E-state index in [9.17, 15) is 8.42 Å². The number of aryl methyl sites for hydroxylation is 1. The van der Waals surface area contributed by atoms with Crippen LogP contribution >= 0.6 is 23.6 Å². The van der Waals surface area contributed by atoms with Gasteiger partial charge in [0.1, 0.15) is 4.21 Å². The van der Waals surface area contributed by atoms with Crippen LogP contribution in [0.5, 0.6) is 0 Å². The van der Waals surface area contributed by atoms with Gasteiger partial charge in [-0.05, 0) is 38.9 Å². The van der Waals surface area contributed by atoms with Crippen molar-refractivity contribution < 1.29 is 8.42 Å². The minimum atomic E-state index is -3.58. The molecule has 1 aliphatic rings. The molecule has 112 valence electrons. The lowest BCUT2D eigenvalue weighted by atomic mass is 9.89. The van der Waals surface area contributed by atoms with E-state index in [0.29, 0.717) is 17.1 Å². The number of thiocarbonyl (C=S) groups is 1. The van der Waals surface area contributed by atoms with E-state index in [4.69, 9.17) is 18.0 Å². The number of sulfonamides is 1. The quantitative estimate of drug-likeness (QED) is 0.807. The van der Waals surface area contributed by atoms with Crippen LogP contribution in [0.25, 0.3) is 0 Å². The summed E-state index contributed by atoms with van der Waals surface area (Å²) in [5, 5.41) is 0. The Kier molecular flexibility index (Phi) is 4.50. The molecule has 1 aliphatic heterocycles. The van der Waals surface area contributed by atoms with E-state index in [0.717, 1.165) is 18.0 Å². The molecule has 0 saturated carbocycles. The zero-order valence-corrected chi connectivity index (χ0v) is 14.0. The Balaban J connectivity index is 2.27. The second-order valence-electron chi connectivity index (χ2n) is 5.22. The van der Waals surface area contributed by atoms with Crippen LogP contribution in [0.2, 0.25) is 0 Å². The Hall–Kier alpha value is -0.540. The summed E-state index contributed by atoms with van der Waals surface area (Å²) in [6.07, 6.45) is 1.20. The van der Waals surface area contributed by atoms with E-state index in [1.165, 1.54) is 11.3 Å². The molecule has 8 heteroatoms. The highest BCUT2D eigenvalue weighted by atomic mass is 32.2. The van der Waals surface area contributed by atoms with Crippen molar-refractivity contribution in [2.45, 2.75) is 29.5 Å². The van der Waals surface area contributed by atoms with Crippen molar-refractivity contribution in [3.8, 4) is 0 Å². The number of rotatable bonds is 4. The monoisotopic (exact) mass is 333 g/mol. The van der Waals surface area contributed by atoms with Gasteiger partial charge in [0.05, 0.1) is 10.5 Å². The third-order valence-electron chi connectivity index (χ3n) is 3.62. The summed E-state index contributed by atoms with van der Waals surface area (Å²) < 4.78 is 28.0. The van der Waals surface area contributed by atoms with Gasteiger partial charge < -0.3 is 10.6 Å². The lowest BCUT2D eigenvalue weighted by Gasteiger charge is -2.39. The lowest BCUT2D eigenvalue weighted by Crippen LogP contribution is -2.61. The fourth-order valence-corrected chi connectivity index (χ4v) is 5.31. The van der Waals surface area contributed by atoms with Gasteiger partial charge in [0.25, 0.3) is 10.0 Å². The van der Waals surface area contributed by atoms with E-state index >= 15 is 0 Å². The molecular formula is C12H19N3O2S3. The first-order chi connectivity index (χ1) is 9.25. The molecule has 2 rings (SSSR count). The predicted molar refractivity (Wildman–Crippen MR) is 85.6 cm³/mol. The van der Waals surface area contributed by atoms with Crippen molar-refractivity contribution in [2.24, 2.45) is 5.73 Å². The first-order valence-electron chi connectivity index (χ1n) is 6.34. The van der Waals surface area contributed by atoms with E-state index in [-0.39, 0.29) is 4.99 Å². The molecule has 1 aromatic rings. The van der Waals surface area contributed by atoms with Crippen molar-refractivity contribution in [3.63, 3.8) is 0 Å². The highest BCUT2D eigenvalue weighted by Crippen LogP contribution is 2.27. The summed E-state index contributed by atoms with van der Waals surface area (Å²) >= 11 is 6.37. The maximum absolute atomic E-state index is 12.5. The van der Waals surface area contributed by atoms with Gasteiger partial charge in [-0.2, -0.15) is 4.72 Å². The summed E-state index contributed by atoms with van der Waals surface area (Å²) in [6, 6.07) is 3.41. The highest BCUT2D eigenvalue weighted by Gasteiger charge is 2.40. The average Bonchev–Trinajstić information content (AvgIpc) is 2.79. The molecular weight excluding hydrogens is 314 g/mol. The molecule has 2 heterocycles. The van der Waals surface area contributed by atoms with Gasteiger partial charge in [-0.25, -0.2) is 8.42 Å². The van der Waals surface area contributed by atoms with Crippen molar-refractivity contribution in [1.82, 2.24) is 9.62 Å². The molecule has 0 unspecified atom stereocenters. The van der Waals surface area contributed by atoms with Crippen LogP contribution in [0.3, 0.4) is 0 Å². The van der Waals surface area contributed by atoms with Gasteiger partial charge in [-0.1, -0.05) is 12.2 Å². The van der Waals surface area contributed by atoms with Crippen molar-refractivity contribution in [3.05, 3.63) is 17.0 Å². The summed E-state index contributed by atoms with van der Waals surface area (Å²) in [5.41, 5.74) is 5.02. The van der Waals surface area contributed by atoms with Gasteiger partial charge in [-0.3, -0.25) is 0 Å². The number of nitrogens with two attached hydrogens (primary N) is 1. The van der Waals surface area contributed by atoms with Crippen LogP contribution in [-0.4, -0.2) is 44.0 Å². The SMILES string of the molecule is Cc1ccc(S(=O)(=O)NC2(C(N)=S)CCN(C)CC2)s1. The Labute approximate surface area is 129 Å². The van der Waals surface area contributed by atoms with Crippen LogP contribution < -0.4 is 10.5 Å². The van der Waals surface area contributed by atoms with Crippen molar-refractivity contribution in [2.75, 3.05) is 20.1 Å². The molecule has 0 amide bonds. The maximum Gasteiger partial charge on any atom is 0.250 e. The zero-order valence-electron chi connectivity index (χ0n) is 11.5. The van der Waals surface area contributed by atoms with Gasteiger partial charge in [-0.15, -0.1) is 11.3 Å². The van der Waals surface area contributed by atoms with E-state index in [1.807, 2.05) is 14.0 Å². The smallest absolute Gasteiger partial charge is 0.250 e. The number of nitrogens with one attached hydrogen (secondary N) is 1. The maximum atomic E-state index is 12.5. The fraction of sp³-hybridized carbons (Fsp3) is 0.583. The molecule has 3 N–H and O–H groups in total. The molecule has 0 radical (unpaired) electrons. The molecule has 1 aromatic heterocycles. The number of thiophene rings is 1. The lowest BCUT2D eigenvalue weighted by molar-refractivity contribution is 0.221. The Morgan fingerprint density at radius 3 is 2.50 bits per heavy atom. The third kappa shape index (κ3) is 3.20. The van der Waals surface area contributed by atoms with Gasteiger partial charge in [0.2, 0.25) is 0 Å². The van der Waals surface area contributed by atoms with Gasteiger partial charge >= 0.3 is 0 Å². The van der Waals surface area contributed by atoms with Gasteiger partial charge in [0.15, 0.2) is 0 Å². The number of hydrogen-bond acceptors (Lipinski definition) is 5. The molecule has 0 aliphatic carbocycles. The second kappa shape index (κ2) is 5.69. The number of nitrogens with zero attached hydrogens (tertiary/aromatic N) is 1. The molecule has 0 atom stereocenters. The number of likely N-dealkylation sites (tertiary alicyclic amines) is 1. The molecule has 1 fully saturated rings. The molecule has 0 spiro atoms. The third-order valence-corrected chi connectivity index (χ3v) is 7.04. The van der Waals surface area contributed by atoms with Crippen molar-refractivity contribution in [1.29, 1.82) is 0 Å². The number of piperidine rings is 1. The minimum absolute atomic E-state index is 0.224. The molecule has 0 bridgehead atoms. The van der Waals surface area contributed by atoms with Crippen LogP contribution in [0.1, 0.15) is 17.7 Å². The Morgan fingerprint density at radius 1 is 1.45 bits per heavy atom. The fourth-order valence-electron chi connectivity index (χ4n) is 2.26. The van der Waals surface area contributed by atoms with E-state index in [1.54, 1.807) is 12.1 Å². The zero-order chi connectivity index (χ0) is 15.0. The summed E-state index contributed by atoms with van der Waals surface area (Å²) in [6.45, 7) is 3.41. The Bertz CT molecular complexity index is 601. The average molecular weight is 334 g/mol. The standard InChI is InChI=1S/C12H19N3O2S3/c1-9-3-4-10(19-9)20(16,17)14-12(11(13)18)5-7-15(2)8-6-12/h3-4,14H,5-8H2,1-2H3,(H2,13,18). The summed E-state index contributed by atoms with van der Waals surface area (Å²) in [7, 11) is -1.58. The van der Waals surface area contributed by atoms with Crippen LogP contribution in [-0.2, 0) is 10.0 Å². The molecule has 0 aromatic carbocycles. The first-order valence-corrected chi connectivity index (χ1v) is 9.05. The van der Waals surface area contributed by atoms with Crippen LogP contribution in [0, 0.1) is 6.92 Å². The van der Waals surface area contributed by atoms with Crippen molar-refractivity contribution >= 4 is 38.6 Å². The number of hydrogen-bond donors (Lipinski definition) is 2. The largest absolute Gasteiger partial charge is 0.392 e. The second-order valence-corrected chi connectivity index (χ2v) is 8.86. The first kappa shape index (κ1) is 15.8. The van der Waals surface area contributed by atoms with Crippen LogP contribution in [0.15, 0.2) is 16.3 Å². The highest BCUT2D eigenvalue weighted by molar-refractivity contribution is 7.91. The van der Waals surface area contributed by atoms with Crippen LogP contribution in [0.4, 0.5) is 0 Å². The predicted octanol–water partition coefficient (Wildman–Crippen LogP) is 1.09. The van der Waals surface area contributed by atoms with E-state index < -0.39 is 15.6 Å². The molecule has 20 heavy (non-hydrogen) atoms. The molecule has 1 saturated heterocycles. The molecule has 5 nitrogen and oxygen atoms in total. The van der Waals surface area contributed by atoms with E-state index in [2.05, 4.69) is 9.62 Å². The summed E-state index contributed by atoms with van der Waals surface area (Å²) in [4.78, 5) is 3.32. The minimum Gasteiger partial charge on any atom is -0.392 e. The van der Waals surface area contributed by atoms with Gasteiger partial charge in [0, 0.05) is 18.0 Å². The topological polar surface area (TPSA) is 75.4 Å². The summed E-state index contributed by atoms with van der Waals surface area (Å²) in [5.74, 6) is 0.